The van der Waals surface area contributed by atoms with Crippen LogP contribution in [0.3, 0.4) is 0 Å². The Labute approximate surface area is 266 Å². The van der Waals surface area contributed by atoms with Crippen LogP contribution in [-0.4, -0.2) is 59.9 Å². The molecule has 0 radical (unpaired) electrons. The Morgan fingerprint density at radius 1 is 1.00 bits per heavy atom. The van der Waals surface area contributed by atoms with E-state index in [1.54, 1.807) is 12.3 Å². The van der Waals surface area contributed by atoms with E-state index in [0.717, 1.165) is 72.6 Å². The molecule has 4 heterocycles. The van der Waals surface area contributed by atoms with Gasteiger partial charge in [0.2, 0.25) is 0 Å². The predicted molar refractivity (Wildman–Crippen MR) is 174 cm³/mol. The number of rotatable bonds is 6. The molecule has 0 atom stereocenters. The van der Waals surface area contributed by atoms with Crippen LogP contribution in [0.4, 0.5) is 10.5 Å². The Hall–Kier alpha value is -2.78. The summed E-state index contributed by atoms with van der Waals surface area (Å²) >= 11 is 18.3. The summed E-state index contributed by atoms with van der Waals surface area (Å²) in [5.41, 5.74) is 6.21. The molecule has 2 aromatic heterocycles. The maximum absolute atomic E-state index is 13.7. The first-order valence-electron chi connectivity index (χ1n) is 13.7. The molecular weight excluding hydrogens is 616 g/mol. The number of anilines is 1. The van der Waals surface area contributed by atoms with Crippen LogP contribution >= 0.6 is 47.2 Å². The number of hydrogen-bond acceptors (Lipinski definition) is 5. The largest absolute Gasteiger partial charge is 0.378 e. The fraction of sp³-hybridized carbons (Fsp3) is 0.290. The van der Waals surface area contributed by atoms with Gasteiger partial charge in [-0.1, -0.05) is 59.1 Å². The summed E-state index contributed by atoms with van der Waals surface area (Å²) in [6.45, 7) is 5.83. The SMILES string of the molecule is Cl.O=C(NCc1ccnc(Cl)c1)n1c2c(c3ccc(N4CCOCC4)cc31)CN(C/C=C/c1ccc(Cl)c(Cl)c1)CC2. The molecule has 1 fully saturated rings. The third-order valence-corrected chi connectivity index (χ3v) is 8.59. The summed E-state index contributed by atoms with van der Waals surface area (Å²) in [5, 5.41) is 5.71. The number of ether oxygens (including phenoxy) is 1. The first kappa shape index (κ1) is 30.7. The number of amides is 1. The maximum atomic E-state index is 13.7. The molecule has 220 valence electrons. The summed E-state index contributed by atoms with van der Waals surface area (Å²) in [6, 6.07) is 15.6. The van der Waals surface area contributed by atoms with Crippen LogP contribution in [0.25, 0.3) is 17.0 Å². The lowest BCUT2D eigenvalue weighted by molar-refractivity contribution is 0.122. The molecule has 0 bridgehead atoms. The van der Waals surface area contributed by atoms with Crippen LogP contribution < -0.4 is 10.2 Å². The quantitative estimate of drug-likeness (QED) is 0.227. The molecule has 4 aromatic rings. The number of pyridine rings is 1. The molecule has 2 aliphatic rings. The summed E-state index contributed by atoms with van der Waals surface area (Å²) in [6.07, 6.45) is 6.63. The van der Waals surface area contributed by atoms with Crippen LogP contribution in [0.1, 0.15) is 22.4 Å². The minimum atomic E-state index is -0.142. The van der Waals surface area contributed by atoms with E-state index >= 15 is 0 Å². The molecular formula is C31H31Cl4N5O2. The van der Waals surface area contributed by atoms with Gasteiger partial charge in [-0.3, -0.25) is 9.47 Å². The van der Waals surface area contributed by atoms with E-state index in [-0.39, 0.29) is 18.4 Å². The zero-order valence-corrected chi connectivity index (χ0v) is 25.9. The zero-order valence-electron chi connectivity index (χ0n) is 22.9. The fourth-order valence-electron chi connectivity index (χ4n) is 5.57. The van der Waals surface area contributed by atoms with Gasteiger partial charge >= 0.3 is 6.03 Å². The van der Waals surface area contributed by atoms with Crippen molar-refractivity contribution in [1.29, 1.82) is 0 Å². The van der Waals surface area contributed by atoms with Crippen molar-refractivity contribution in [2.24, 2.45) is 0 Å². The number of carbonyl (C=O) groups excluding carboxylic acids is 1. The standard InChI is InChI=1S/C31H30Cl3N5O2.ClH/c32-26-6-3-21(16-27(26)33)2-1-10-37-11-8-28-25(20-37)24-5-4-23(38-12-14-41-15-13-38)18-29(24)39(28)31(40)36-19-22-7-9-35-30(34)17-22;/h1-7,9,16-18H,8,10-15,19-20H2,(H,36,40);1H/b2-1+;. The number of hydrogen-bond donors (Lipinski definition) is 1. The van der Waals surface area contributed by atoms with Gasteiger partial charge in [0.05, 0.1) is 28.8 Å². The second-order valence-corrected chi connectivity index (χ2v) is 11.5. The number of nitrogens with zero attached hydrogens (tertiary/aromatic N) is 4. The van der Waals surface area contributed by atoms with Gasteiger partial charge in [0.25, 0.3) is 0 Å². The summed E-state index contributed by atoms with van der Waals surface area (Å²) < 4.78 is 7.43. The lowest BCUT2D eigenvalue weighted by atomic mass is 10.0. The van der Waals surface area contributed by atoms with Crippen molar-refractivity contribution in [3.05, 3.63) is 98.4 Å². The highest BCUT2D eigenvalue weighted by Crippen LogP contribution is 2.34. The predicted octanol–water partition coefficient (Wildman–Crippen LogP) is 7.08. The van der Waals surface area contributed by atoms with Crippen molar-refractivity contribution in [2.75, 3.05) is 44.3 Å². The van der Waals surface area contributed by atoms with Crippen LogP contribution in [0.15, 0.2) is 60.8 Å². The highest BCUT2D eigenvalue weighted by atomic mass is 35.5. The Kier molecular flexibility index (Phi) is 9.99. The molecule has 7 nitrogen and oxygen atoms in total. The minimum absolute atomic E-state index is 0. The van der Waals surface area contributed by atoms with Crippen molar-refractivity contribution in [3.8, 4) is 0 Å². The number of aromatic nitrogens is 2. The highest BCUT2D eigenvalue weighted by molar-refractivity contribution is 6.42. The number of carbonyl (C=O) groups is 1. The number of benzene rings is 2. The van der Waals surface area contributed by atoms with Gasteiger partial charge < -0.3 is 15.0 Å². The summed E-state index contributed by atoms with van der Waals surface area (Å²) in [7, 11) is 0. The normalized spacial score (nSPS) is 15.5. The van der Waals surface area contributed by atoms with E-state index in [9.17, 15) is 4.79 Å². The van der Waals surface area contributed by atoms with Crippen LogP contribution in [0.5, 0.6) is 0 Å². The Morgan fingerprint density at radius 3 is 2.62 bits per heavy atom. The lowest BCUT2D eigenvalue weighted by Gasteiger charge is -2.29. The smallest absolute Gasteiger partial charge is 0.326 e. The van der Waals surface area contributed by atoms with Gasteiger partial charge in [-0.05, 0) is 53.1 Å². The average Bonchev–Trinajstić information content (AvgIpc) is 3.31. The van der Waals surface area contributed by atoms with Gasteiger partial charge in [-0.25, -0.2) is 9.78 Å². The van der Waals surface area contributed by atoms with Crippen LogP contribution in [-0.2, 0) is 24.2 Å². The molecule has 2 aromatic carbocycles. The second-order valence-electron chi connectivity index (χ2n) is 10.3. The summed E-state index contributed by atoms with van der Waals surface area (Å²) in [5.74, 6) is 0. The zero-order chi connectivity index (χ0) is 28.3. The Balaban J connectivity index is 0.00000353. The maximum Gasteiger partial charge on any atom is 0.326 e. The molecule has 0 spiro atoms. The average molecular weight is 647 g/mol. The van der Waals surface area contributed by atoms with Crippen molar-refractivity contribution in [2.45, 2.75) is 19.5 Å². The topological polar surface area (TPSA) is 62.6 Å². The first-order chi connectivity index (χ1) is 20.0. The molecule has 1 saturated heterocycles. The van der Waals surface area contributed by atoms with E-state index in [1.165, 1.54) is 5.56 Å². The molecule has 0 unspecified atom stereocenters. The molecule has 1 N–H and O–H groups in total. The van der Waals surface area contributed by atoms with Gasteiger partial charge in [0, 0.05) is 68.7 Å². The van der Waals surface area contributed by atoms with Crippen LogP contribution in [0.2, 0.25) is 15.2 Å². The fourth-order valence-corrected chi connectivity index (χ4v) is 6.07. The number of nitrogens with one attached hydrogen (secondary N) is 1. The van der Waals surface area contributed by atoms with Gasteiger partial charge in [-0.15, -0.1) is 12.4 Å². The van der Waals surface area contributed by atoms with Crippen molar-refractivity contribution < 1.29 is 9.53 Å². The lowest BCUT2D eigenvalue weighted by Crippen LogP contribution is -2.36. The van der Waals surface area contributed by atoms with Gasteiger partial charge in [0.15, 0.2) is 0 Å². The van der Waals surface area contributed by atoms with E-state index in [2.05, 4.69) is 50.5 Å². The van der Waals surface area contributed by atoms with E-state index < -0.39 is 0 Å². The molecule has 6 rings (SSSR count). The molecule has 2 aliphatic heterocycles. The van der Waals surface area contributed by atoms with Gasteiger partial charge in [0.1, 0.15) is 5.15 Å². The number of morpholine rings is 1. The Morgan fingerprint density at radius 2 is 1.83 bits per heavy atom. The molecule has 11 heteroatoms. The third kappa shape index (κ3) is 6.72. The first-order valence-corrected chi connectivity index (χ1v) is 14.8. The van der Waals surface area contributed by atoms with E-state index in [1.807, 2.05) is 28.8 Å². The molecule has 0 aliphatic carbocycles. The Bertz CT molecular complexity index is 1620. The third-order valence-electron chi connectivity index (χ3n) is 7.64. The highest BCUT2D eigenvalue weighted by Gasteiger charge is 2.27. The number of fused-ring (bicyclic) bond motifs is 3. The van der Waals surface area contributed by atoms with E-state index in [4.69, 9.17) is 39.5 Å². The molecule has 42 heavy (non-hydrogen) atoms. The molecule has 0 saturated carbocycles. The summed E-state index contributed by atoms with van der Waals surface area (Å²) in [4.78, 5) is 22.5. The van der Waals surface area contributed by atoms with Crippen molar-refractivity contribution in [3.63, 3.8) is 0 Å². The minimum Gasteiger partial charge on any atom is -0.378 e. The monoisotopic (exact) mass is 645 g/mol. The van der Waals surface area contributed by atoms with Crippen molar-refractivity contribution in [1.82, 2.24) is 19.8 Å². The number of halogens is 4. The second kappa shape index (κ2) is 13.7. The molecule has 1 amide bonds. The van der Waals surface area contributed by atoms with Crippen LogP contribution in [0, 0.1) is 0 Å². The van der Waals surface area contributed by atoms with Gasteiger partial charge in [-0.2, -0.15) is 0 Å². The van der Waals surface area contributed by atoms with E-state index in [0.29, 0.717) is 35.0 Å². The van der Waals surface area contributed by atoms with Crippen molar-refractivity contribution >= 4 is 75.9 Å².